The molecule has 0 N–H and O–H groups in total. The van der Waals surface area contributed by atoms with E-state index in [1.165, 1.54) is 16.6 Å². The van der Waals surface area contributed by atoms with Crippen molar-refractivity contribution in [3.8, 4) is 0 Å². The highest BCUT2D eigenvalue weighted by atomic mass is 32.2. The van der Waals surface area contributed by atoms with Gasteiger partial charge in [-0.15, -0.1) is 0 Å². The summed E-state index contributed by atoms with van der Waals surface area (Å²) in [5, 5.41) is 1.27. The van der Waals surface area contributed by atoms with Gasteiger partial charge in [0, 0.05) is 5.08 Å². The van der Waals surface area contributed by atoms with Gasteiger partial charge in [-0.25, -0.2) is 0 Å². The molecule has 0 aromatic heterocycles. The molecule has 0 saturated heterocycles. The van der Waals surface area contributed by atoms with Crippen molar-refractivity contribution in [2.24, 2.45) is 5.92 Å². The number of thioether (sulfide) groups is 2. The van der Waals surface area contributed by atoms with Crippen molar-refractivity contribution in [2.45, 2.75) is 20.8 Å². The molecule has 0 aliphatic carbocycles. The Bertz CT molecular complexity index is 52.9. The van der Waals surface area contributed by atoms with E-state index in [1.807, 2.05) is 23.5 Å². The van der Waals surface area contributed by atoms with E-state index >= 15 is 0 Å². The van der Waals surface area contributed by atoms with Crippen LogP contribution in [0.4, 0.5) is 0 Å². The van der Waals surface area contributed by atoms with Crippen LogP contribution < -0.4 is 0 Å². The average molecular weight is 164 g/mol. The van der Waals surface area contributed by atoms with Crippen molar-refractivity contribution in [3.63, 3.8) is 0 Å². The van der Waals surface area contributed by atoms with Gasteiger partial charge in [0.1, 0.15) is 0 Å². The van der Waals surface area contributed by atoms with Gasteiger partial charge >= 0.3 is 0 Å². The minimum absolute atomic E-state index is 0.854. The average Bonchev–Trinajstić information content (AvgIpc) is 1.80. The molecule has 0 amide bonds. The van der Waals surface area contributed by atoms with E-state index < -0.39 is 0 Å². The van der Waals surface area contributed by atoms with Crippen LogP contribution in [0.3, 0.4) is 0 Å². The van der Waals surface area contributed by atoms with Gasteiger partial charge in [-0.3, -0.25) is 0 Å². The predicted molar refractivity (Wildman–Crippen MR) is 50.3 cm³/mol. The molecule has 0 radical (unpaired) electrons. The van der Waals surface area contributed by atoms with Gasteiger partial charge in [0.15, 0.2) is 0 Å². The van der Waals surface area contributed by atoms with Gasteiger partial charge in [0.05, 0.1) is 0 Å². The topological polar surface area (TPSA) is 0 Å². The summed E-state index contributed by atoms with van der Waals surface area (Å²) in [5.41, 5.74) is 0. The van der Waals surface area contributed by atoms with E-state index in [-0.39, 0.29) is 0 Å². The molecule has 0 aromatic carbocycles. The molecular weight excluding hydrogens is 148 g/mol. The van der Waals surface area contributed by atoms with E-state index in [4.69, 9.17) is 0 Å². The van der Waals surface area contributed by atoms with Crippen LogP contribution in [0.1, 0.15) is 20.8 Å². The Morgan fingerprint density at radius 3 is 2.33 bits per heavy atom. The lowest BCUT2D eigenvalue weighted by Gasteiger charge is -2.01. The Labute approximate surface area is 67.2 Å². The van der Waals surface area contributed by atoms with E-state index in [2.05, 4.69) is 20.8 Å². The molecule has 0 rings (SSSR count). The molecule has 0 fully saturated rings. The quantitative estimate of drug-likeness (QED) is 0.452. The fourth-order valence-corrected chi connectivity index (χ4v) is 2.42. The first-order valence-corrected chi connectivity index (χ1v) is 5.73. The molecule has 0 aliphatic rings. The number of hydrogen-bond donors (Lipinski definition) is 0. The Balaban J connectivity index is 2.75. The van der Waals surface area contributed by atoms with Crippen LogP contribution in [0.5, 0.6) is 0 Å². The second-order valence-electron chi connectivity index (χ2n) is 2.38. The molecule has 0 nitrogen and oxygen atoms in total. The highest BCUT2D eigenvalue weighted by Gasteiger charge is 1.92. The van der Waals surface area contributed by atoms with Crippen LogP contribution in [-0.4, -0.2) is 16.6 Å². The van der Waals surface area contributed by atoms with Gasteiger partial charge in [-0.1, -0.05) is 20.8 Å². The Morgan fingerprint density at radius 2 is 1.89 bits per heavy atom. The van der Waals surface area contributed by atoms with Crippen molar-refractivity contribution in [3.05, 3.63) is 0 Å². The summed E-state index contributed by atoms with van der Waals surface area (Å²) < 4.78 is 0. The minimum atomic E-state index is 0.854. The maximum Gasteiger partial charge on any atom is 0.0392 e. The molecule has 0 atom stereocenters. The standard InChI is InChI=1S/C7H16S2/c1-4-8-6-9-5-7(2)3/h7H,4-6H2,1-3H3. The molecular formula is C7H16S2. The molecule has 0 aliphatic heterocycles. The monoisotopic (exact) mass is 164 g/mol. The van der Waals surface area contributed by atoms with Gasteiger partial charge in [0.2, 0.25) is 0 Å². The molecule has 0 spiro atoms. The van der Waals surface area contributed by atoms with Crippen LogP contribution in [0, 0.1) is 5.92 Å². The normalized spacial score (nSPS) is 10.7. The fraction of sp³-hybridized carbons (Fsp3) is 1.00. The van der Waals surface area contributed by atoms with Crippen LogP contribution >= 0.6 is 23.5 Å². The van der Waals surface area contributed by atoms with Crippen molar-refractivity contribution < 1.29 is 0 Å². The number of rotatable bonds is 5. The Kier molecular flexibility index (Phi) is 7.34. The van der Waals surface area contributed by atoms with E-state index in [0.717, 1.165) is 5.92 Å². The molecule has 0 saturated carbocycles. The highest BCUT2D eigenvalue weighted by Crippen LogP contribution is 2.14. The van der Waals surface area contributed by atoms with E-state index in [0.29, 0.717) is 0 Å². The van der Waals surface area contributed by atoms with Crippen LogP contribution in [0.2, 0.25) is 0 Å². The Morgan fingerprint density at radius 1 is 1.22 bits per heavy atom. The van der Waals surface area contributed by atoms with Gasteiger partial charge in [-0.2, -0.15) is 23.5 Å². The largest absolute Gasteiger partial charge is 0.151 e. The first-order chi connectivity index (χ1) is 4.27. The summed E-state index contributed by atoms with van der Waals surface area (Å²) >= 11 is 4.06. The summed E-state index contributed by atoms with van der Waals surface area (Å²) in [6, 6.07) is 0. The maximum atomic E-state index is 2.27. The maximum absolute atomic E-state index is 2.27. The van der Waals surface area contributed by atoms with E-state index in [1.54, 1.807) is 0 Å². The summed E-state index contributed by atoms with van der Waals surface area (Å²) in [6.45, 7) is 6.74. The fourth-order valence-electron chi connectivity index (χ4n) is 0.426. The third kappa shape index (κ3) is 8.70. The summed E-state index contributed by atoms with van der Waals surface area (Å²) in [4.78, 5) is 0. The number of hydrogen-bond acceptors (Lipinski definition) is 2. The molecule has 0 aromatic rings. The summed E-state index contributed by atoms with van der Waals surface area (Å²) in [7, 11) is 0. The first kappa shape index (κ1) is 9.70. The van der Waals surface area contributed by atoms with E-state index in [9.17, 15) is 0 Å². The second kappa shape index (κ2) is 6.81. The predicted octanol–water partition coefficient (Wildman–Crippen LogP) is 3.09. The zero-order chi connectivity index (χ0) is 7.11. The lowest BCUT2D eigenvalue weighted by molar-refractivity contribution is 0.751. The van der Waals surface area contributed by atoms with Gasteiger partial charge < -0.3 is 0 Å². The molecule has 0 bridgehead atoms. The van der Waals surface area contributed by atoms with Crippen molar-refractivity contribution in [2.75, 3.05) is 16.6 Å². The third-order valence-electron chi connectivity index (χ3n) is 0.822. The van der Waals surface area contributed by atoms with Crippen molar-refractivity contribution in [1.82, 2.24) is 0 Å². The van der Waals surface area contributed by atoms with Gasteiger partial charge in [-0.05, 0) is 17.4 Å². The smallest absolute Gasteiger partial charge is 0.0392 e. The third-order valence-corrected chi connectivity index (χ3v) is 3.47. The molecule has 2 heteroatoms. The van der Waals surface area contributed by atoms with Crippen molar-refractivity contribution in [1.29, 1.82) is 0 Å². The van der Waals surface area contributed by atoms with Crippen LogP contribution in [0.15, 0.2) is 0 Å². The first-order valence-electron chi connectivity index (χ1n) is 3.42. The minimum Gasteiger partial charge on any atom is -0.151 e. The second-order valence-corrected chi connectivity index (χ2v) is 5.05. The molecule has 0 heterocycles. The van der Waals surface area contributed by atoms with Crippen LogP contribution in [0.25, 0.3) is 0 Å². The van der Waals surface area contributed by atoms with Gasteiger partial charge in [0.25, 0.3) is 0 Å². The van der Waals surface area contributed by atoms with Crippen LogP contribution in [-0.2, 0) is 0 Å². The summed E-state index contributed by atoms with van der Waals surface area (Å²) in [5.74, 6) is 3.42. The lowest BCUT2D eigenvalue weighted by Crippen LogP contribution is -1.90. The molecule has 56 valence electrons. The SMILES string of the molecule is CCSCSCC(C)C. The zero-order valence-corrected chi connectivity index (χ0v) is 8.15. The lowest BCUT2D eigenvalue weighted by atomic mass is 10.3. The highest BCUT2D eigenvalue weighted by molar-refractivity contribution is 8.15. The summed E-state index contributed by atoms with van der Waals surface area (Å²) in [6.07, 6.45) is 0. The van der Waals surface area contributed by atoms with Crippen molar-refractivity contribution >= 4 is 23.5 Å². The molecule has 0 unspecified atom stereocenters. The zero-order valence-electron chi connectivity index (χ0n) is 6.52. The molecule has 9 heavy (non-hydrogen) atoms. The Hall–Kier alpha value is 0.700.